The van der Waals surface area contributed by atoms with Crippen LogP contribution in [0, 0.1) is 12.3 Å². The Morgan fingerprint density at radius 3 is 2.68 bits per heavy atom. The zero-order valence-electron chi connectivity index (χ0n) is 18.2. The minimum atomic E-state index is 0.146. The van der Waals surface area contributed by atoms with Gasteiger partial charge in [0.05, 0.1) is 17.6 Å². The number of anilines is 1. The van der Waals surface area contributed by atoms with Crippen LogP contribution < -0.4 is 4.90 Å². The molecule has 0 saturated heterocycles. The summed E-state index contributed by atoms with van der Waals surface area (Å²) in [7, 11) is 0. The predicted octanol–water partition coefficient (Wildman–Crippen LogP) is 6.20. The van der Waals surface area contributed by atoms with E-state index in [0.717, 1.165) is 24.4 Å². The van der Waals surface area contributed by atoms with E-state index >= 15 is 0 Å². The van der Waals surface area contributed by atoms with E-state index in [9.17, 15) is 0 Å². The van der Waals surface area contributed by atoms with Gasteiger partial charge in [-0.3, -0.25) is 9.98 Å². The minimum absolute atomic E-state index is 0.146. The summed E-state index contributed by atoms with van der Waals surface area (Å²) in [6.07, 6.45) is 7.66. The first-order valence-electron chi connectivity index (χ1n) is 10.7. The third-order valence-electron chi connectivity index (χ3n) is 6.45. The molecule has 3 heterocycles. The predicted molar refractivity (Wildman–Crippen MR) is 121 cm³/mol. The molecule has 28 heavy (non-hydrogen) atoms. The molecule has 0 spiro atoms. The molecular formula is C25H33N3. The largest absolute Gasteiger partial charge is 0.340 e. The van der Waals surface area contributed by atoms with Gasteiger partial charge in [-0.15, -0.1) is 0 Å². The Kier molecular flexibility index (Phi) is 4.81. The molecule has 0 N–H and O–H groups in total. The Bertz CT molecular complexity index is 908. The summed E-state index contributed by atoms with van der Waals surface area (Å²) in [6, 6.07) is 7.23. The standard InChI is InChI=1S/C25H33N3/c1-7-20(25(4,5)6)18-10-11-22(16(2)13-18)28-12-8-9-19-23(28)15-26-21-14-17(3)27-24(19)21/h10-11,13-15,20,24H,7-9,12H2,1-6H3/t20-,24?/m0/s1. The average molecular weight is 376 g/mol. The van der Waals surface area contributed by atoms with Crippen LogP contribution in [0.15, 0.2) is 51.2 Å². The SMILES string of the molecule is CC[C@@H](c1ccc(N2CCCC3=C2C=NC2=CC(C)=NC23)c(C)c1)C(C)(C)C. The average Bonchev–Trinajstić information content (AvgIpc) is 3.01. The molecule has 1 aromatic carbocycles. The van der Waals surface area contributed by atoms with E-state index in [2.05, 4.69) is 76.9 Å². The number of nitrogens with zero attached hydrogens (tertiary/aromatic N) is 3. The number of dihydropyridines is 1. The summed E-state index contributed by atoms with van der Waals surface area (Å²) in [6.45, 7) is 14.7. The van der Waals surface area contributed by atoms with Crippen molar-refractivity contribution in [2.45, 2.75) is 72.8 Å². The second kappa shape index (κ2) is 7.02. The van der Waals surface area contributed by atoms with Gasteiger partial charge in [0, 0.05) is 17.9 Å². The van der Waals surface area contributed by atoms with Crippen LogP contribution in [-0.4, -0.2) is 24.5 Å². The van der Waals surface area contributed by atoms with E-state index in [1.54, 1.807) is 0 Å². The minimum Gasteiger partial charge on any atom is -0.340 e. The first-order valence-corrected chi connectivity index (χ1v) is 10.7. The van der Waals surface area contributed by atoms with Crippen molar-refractivity contribution in [2.24, 2.45) is 15.4 Å². The van der Waals surface area contributed by atoms with Crippen LogP contribution in [0.4, 0.5) is 5.69 Å². The third kappa shape index (κ3) is 3.25. The molecule has 1 aromatic rings. The molecule has 3 aliphatic rings. The zero-order valence-corrected chi connectivity index (χ0v) is 18.2. The molecule has 3 heteroatoms. The first kappa shape index (κ1) is 19.2. The number of rotatable bonds is 3. The molecule has 0 saturated carbocycles. The highest BCUT2D eigenvalue weighted by Gasteiger charge is 2.33. The zero-order chi connectivity index (χ0) is 20.1. The number of aryl methyl sites for hydroxylation is 1. The van der Waals surface area contributed by atoms with E-state index in [0.29, 0.717) is 5.92 Å². The molecule has 3 aliphatic heterocycles. The van der Waals surface area contributed by atoms with Gasteiger partial charge in [0.25, 0.3) is 0 Å². The maximum absolute atomic E-state index is 4.85. The van der Waals surface area contributed by atoms with Gasteiger partial charge in [-0.1, -0.05) is 39.8 Å². The number of benzene rings is 1. The third-order valence-corrected chi connectivity index (χ3v) is 6.45. The van der Waals surface area contributed by atoms with E-state index in [1.807, 2.05) is 0 Å². The molecule has 3 nitrogen and oxygen atoms in total. The molecular weight excluding hydrogens is 342 g/mol. The van der Waals surface area contributed by atoms with Crippen LogP contribution in [-0.2, 0) is 0 Å². The van der Waals surface area contributed by atoms with Crippen LogP contribution in [0.1, 0.15) is 70.9 Å². The van der Waals surface area contributed by atoms with Gasteiger partial charge in [-0.2, -0.15) is 0 Å². The summed E-state index contributed by atoms with van der Waals surface area (Å²) in [5.41, 5.74) is 9.32. The van der Waals surface area contributed by atoms with Gasteiger partial charge in [-0.25, -0.2) is 0 Å². The molecule has 0 radical (unpaired) electrons. The monoisotopic (exact) mass is 375 g/mol. The van der Waals surface area contributed by atoms with Crippen molar-refractivity contribution in [1.29, 1.82) is 0 Å². The number of hydrogen-bond acceptors (Lipinski definition) is 3. The van der Waals surface area contributed by atoms with Gasteiger partial charge in [0.2, 0.25) is 0 Å². The summed E-state index contributed by atoms with van der Waals surface area (Å²) >= 11 is 0. The van der Waals surface area contributed by atoms with E-state index < -0.39 is 0 Å². The molecule has 0 aliphatic carbocycles. The highest BCUT2D eigenvalue weighted by molar-refractivity contribution is 5.99. The van der Waals surface area contributed by atoms with Crippen molar-refractivity contribution < 1.29 is 0 Å². The van der Waals surface area contributed by atoms with E-state index in [-0.39, 0.29) is 11.5 Å². The highest BCUT2D eigenvalue weighted by atomic mass is 15.2. The molecule has 2 atom stereocenters. The fourth-order valence-electron chi connectivity index (χ4n) is 5.18. The normalized spacial score (nSPS) is 22.6. The van der Waals surface area contributed by atoms with Gasteiger partial charge in [-0.05, 0) is 73.3 Å². The van der Waals surface area contributed by atoms with Gasteiger partial charge < -0.3 is 4.90 Å². The topological polar surface area (TPSA) is 28.0 Å². The summed E-state index contributed by atoms with van der Waals surface area (Å²) < 4.78 is 0. The highest BCUT2D eigenvalue weighted by Crippen LogP contribution is 2.41. The lowest BCUT2D eigenvalue weighted by Gasteiger charge is -2.37. The fraction of sp³-hybridized carbons (Fsp3) is 0.520. The Morgan fingerprint density at radius 2 is 2.00 bits per heavy atom. The molecule has 0 aromatic heterocycles. The number of aliphatic imine (C=N–C) groups is 2. The van der Waals surface area contributed by atoms with Crippen molar-refractivity contribution in [3.8, 4) is 0 Å². The van der Waals surface area contributed by atoms with Crippen LogP contribution in [0.2, 0.25) is 0 Å². The summed E-state index contributed by atoms with van der Waals surface area (Å²) in [5.74, 6) is 0.580. The Balaban J connectivity index is 1.70. The molecule has 0 fully saturated rings. The van der Waals surface area contributed by atoms with Gasteiger partial charge in [0.15, 0.2) is 0 Å². The smallest absolute Gasteiger partial charge is 0.116 e. The van der Waals surface area contributed by atoms with Crippen molar-refractivity contribution in [3.05, 3.63) is 52.4 Å². The van der Waals surface area contributed by atoms with Crippen LogP contribution in [0.25, 0.3) is 0 Å². The van der Waals surface area contributed by atoms with Crippen LogP contribution in [0.3, 0.4) is 0 Å². The van der Waals surface area contributed by atoms with Crippen molar-refractivity contribution in [3.63, 3.8) is 0 Å². The molecule has 148 valence electrons. The molecule has 0 bridgehead atoms. The fourth-order valence-corrected chi connectivity index (χ4v) is 5.18. The maximum atomic E-state index is 4.85. The number of hydrogen-bond donors (Lipinski definition) is 0. The lowest BCUT2D eigenvalue weighted by molar-refractivity contribution is 0.312. The van der Waals surface area contributed by atoms with E-state index in [1.165, 1.54) is 40.9 Å². The molecule has 0 amide bonds. The van der Waals surface area contributed by atoms with Crippen molar-refractivity contribution in [2.75, 3.05) is 11.4 Å². The Labute approximate surface area is 170 Å². The summed E-state index contributed by atoms with van der Waals surface area (Å²) in [4.78, 5) is 12.1. The second-order valence-electron chi connectivity index (χ2n) is 9.54. The first-order chi connectivity index (χ1) is 13.3. The lowest BCUT2D eigenvalue weighted by Crippen LogP contribution is -2.34. The van der Waals surface area contributed by atoms with Crippen molar-refractivity contribution in [1.82, 2.24) is 0 Å². The van der Waals surface area contributed by atoms with Gasteiger partial charge in [0.1, 0.15) is 6.04 Å². The summed E-state index contributed by atoms with van der Waals surface area (Å²) in [5, 5.41) is 0. The Hall–Kier alpha value is -2.16. The maximum Gasteiger partial charge on any atom is 0.116 e. The van der Waals surface area contributed by atoms with Gasteiger partial charge >= 0.3 is 0 Å². The van der Waals surface area contributed by atoms with Crippen LogP contribution >= 0.6 is 0 Å². The number of fused-ring (bicyclic) bond motifs is 2. The Morgan fingerprint density at radius 1 is 1.21 bits per heavy atom. The van der Waals surface area contributed by atoms with Crippen molar-refractivity contribution >= 4 is 17.6 Å². The molecule has 4 rings (SSSR count). The molecule has 1 unspecified atom stereocenters. The lowest BCUT2D eigenvalue weighted by atomic mass is 9.74. The second-order valence-corrected chi connectivity index (χ2v) is 9.54. The van der Waals surface area contributed by atoms with E-state index in [4.69, 9.17) is 9.98 Å². The number of allylic oxidation sites excluding steroid dienone is 2. The quantitative estimate of drug-likeness (QED) is 0.618. The van der Waals surface area contributed by atoms with Crippen LogP contribution in [0.5, 0.6) is 0 Å².